The van der Waals surface area contributed by atoms with Gasteiger partial charge in [0.05, 0.1) is 39.9 Å². The highest BCUT2D eigenvalue weighted by Gasteiger charge is 2.23. The fourth-order valence-electron chi connectivity index (χ4n) is 7.66. The molecule has 0 heterocycles. The van der Waals surface area contributed by atoms with Gasteiger partial charge < -0.3 is 28.8 Å². The number of hydrogen-bond donors (Lipinski definition) is 2. The third-order valence-corrected chi connectivity index (χ3v) is 12.8. The molecule has 0 aromatic rings. The molecule has 62 heavy (non-hydrogen) atoms. The number of amides is 1. The van der Waals surface area contributed by atoms with Crippen LogP contribution in [0.5, 0.6) is 0 Å². The molecular formula is C53H103N2O6P. The van der Waals surface area contributed by atoms with E-state index in [0.29, 0.717) is 17.4 Å². The third kappa shape index (κ3) is 46.7. The van der Waals surface area contributed by atoms with E-state index < -0.39 is 26.6 Å². The second-order valence-electron chi connectivity index (χ2n) is 19.2. The third-order valence-electron chi connectivity index (χ3n) is 11.8. The molecule has 0 radical (unpaired) electrons. The Morgan fingerprint density at radius 1 is 0.548 bits per heavy atom. The van der Waals surface area contributed by atoms with Crippen LogP contribution in [0.2, 0.25) is 0 Å². The largest absolute Gasteiger partial charge is 0.756 e. The van der Waals surface area contributed by atoms with Crippen molar-refractivity contribution in [2.24, 2.45) is 0 Å². The molecule has 0 fully saturated rings. The van der Waals surface area contributed by atoms with Crippen molar-refractivity contribution in [3.05, 3.63) is 36.5 Å². The Balaban J connectivity index is 4.31. The van der Waals surface area contributed by atoms with Gasteiger partial charge in [-0.05, 0) is 44.9 Å². The average molecular weight is 895 g/mol. The van der Waals surface area contributed by atoms with E-state index in [9.17, 15) is 19.4 Å². The van der Waals surface area contributed by atoms with Gasteiger partial charge in [-0.1, -0.05) is 230 Å². The summed E-state index contributed by atoms with van der Waals surface area (Å²) in [5.41, 5.74) is 0. The molecule has 2 N–H and O–H groups in total. The van der Waals surface area contributed by atoms with Crippen LogP contribution in [0.25, 0.3) is 0 Å². The fraction of sp³-hybridized carbons (Fsp3) is 0.868. The van der Waals surface area contributed by atoms with Crippen LogP contribution in [0, 0.1) is 0 Å². The number of carbonyl (C=O) groups excluding carboxylic acids is 1. The lowest BCUT2D eigenvalue weighted by molar-refractivity contribution is -0.870. The van der Waals surface area contributed by atoms with Crippen LogP contribution >= 0.6 is 7.82 Å². The maximum absolute atomic E-state index is 12.9. The van der Waals surface area contributed by atoms with E-state index in [4.69, 9.17) is 9.05 Å². The van der Waals surface area contributed by atoms with Crippen molar-refractivity contribution in [1.29, 1.82) is 0 Å². The van der Waals surface area contributed by atoms with Gasteiger partial charge in [-0.2, -0.15) is 0 Å². The zero-order valence-electron chi connectivity index (χ0n) is 41.6. The number of quaternary nitrogens is 1. The lowest BCUT2D eigenvalue weighted by atomic mass is 10.0. The molecule has 0 aliphatic rings. The van der Waals surface area contributed by atoms with E-state index in [1.165, 1.54) is 180 Å². The molecule has 0 aliphatic carbocycles. The van der Waals surface area contributed by atoms with Crippen molar-refractivity contribution in [1.82, 2.24) is 5.32 Å². The Kier molecular flexibility index (Phi) is 44.0. The number of rotatable bonds is 48. The van der Waals surface area contributed by atoms with Crippen LogP contribution in [0.15, 0.2) is 36.5 Å². The van der Waals surface area contributed by atoms with Gasteiger partial charge in [-0.15, -0.1) is 0 Å². The van der Waals surface area contributed by atoms with Gasteiger partial charge in [-0.3, -0.25) is 9.36 Å². The molecule has 8 nitrogen and oxygen atoms in total. The quantitative estimate of drug-likeness (QED) is 0.0273. The molecule has 0 saturated carbocycles. The highest BCUT2D eigenvalue weighted by Crippen LogP contribution is 2.38. The number of phosphoric ester groups is 1. The lowest BCUT2D eigenvalue weighted by Gasteiger charge is -2.29. The van der Waals surface area contributed by atoms with E-state index in [-0.39, 0.29) is 12.5 Å². The molecule has 0 aliphatic heterocycles. The van der Waals surface area contributed by atoms with Crippen molar-refractivity contribution >= 4 is 13.7 Å². The van der Waals surface area contributed by atoms with Crippen LogP contribution in [0.3, 0.4) is 0 Å². The van der Waals surface area contributed by atoms with Crippen LogP contribution in [0.1, 0.15) is 245 Å². The van der Waals surface area contributed by atoms with Crippen molar-refractivity contribution in [3.8, 4) is 0 Å². The monoisotopic (exact) mass is 895 g/mol. The van der Waals surface area contributed by atoms with Crippen LogP contribution in [0.4, 0.5) is 0 Å². The van der Waals surface area contributed by atoms with Crippen molar-refractivity contribution in [3.63, 3.8) is 0 Å². The van der Waals surface area contributed by atoms with Crippen molar-refractivity contribution in [2.75, 3.05) is 40.9 Å². The summed E-state index contributed by atoms with van der Waals surface area (Å²) in [4.78, 5) is 25.4. The minimum atomic E-state index is -4.60. The molecule has 0 spiro atoms. The molecule has 3 unspecified atom stereocenters. The number of carbonyl (C=O) groups is 1. The second-order valence-corrected chi connectivity index (χ2v) is 20.6. The zero-order valence-corrected chi connectivity index (χ0v) is 42.5. The minimum absolute atomic E-state index is 0.00756. The highest BCUT2D eigenvalue weighted by molar-refractivity contribution is 7.45. The molecule has 0 aromatic heterocycles. The minimum Gasteiger partial charge on any atom is -0.756 e. The first-order chi connectivity index (χ1) is 30.0. The highest BCUT2D eigenvalue weighted by atomic mass is 31.2. The summed E-state index contributed by atoms with van der Waals surface area (Å²) in [7, 11) is 1.24. The Morgan fingerprint density at radius 3 is 1.31 bits per heavy atom. The van der Waals surface area contributed by atoms with Crippen LogP contribution < -0.4 is 10.2 Å². The summed E-state index contributed by atoms with van der Waals surface area (Å²) in [6.07, 6.45) is 56.4. The SMILES string of the molecule is CCCCCCCCCC/C=C/CC/C=C/CC/C=C/C(O)C(COP(=O)([O-])OCC[N+](C)(C)C)NC(=O)CCCCCCCCCCCCCCCCCCCCCCCC. The predicted molar refractivity (Wildman–Crippen MR) is 265 cm³/mol. The Labute approximate surface area is 385 Å². The number of allylic oxidation sites excluding steroid dienone is 5. The standard InChI is InChI=1S/C53H103N2O6P/c1-6-8-10-12-14-16-18-20-22-24-26-27-28-29-31-33-35-37-39-41-43-45-47-53(57)54-51(50-61-62(58,59)60-49-48-55(3,4)5)52(56)46-44-42-40-38-36-34-32-30-25-23-21-19-17-15-13-11-9-7-2/h25,30,36,38,44,46,51-52,56H,6-24,26-29,31-35,37,39-43,45,47-50H2,1-5H3,(H-,54,57,58,59)/b30-25+,38-36+,46-44+. The smallest absolute Gasteiger partial charge is 0.268 e. The number of phosphoric acid groups is 1. The van der Waals surface area contributed by atoms with Gasteiger partial charge in [0, 0.05) is 6.42 Å². The Hall–Kier alpha value is -1.28. The van der Waals surface area contributed by atoms with Crippen molar-refractivity contribution in [2.45, 2.75) is 257 Å². The van der Waals surface area contributed by atoms with Gasteiger partial charge >= 0.3 is 0 Å². The van der Waals surface area contributed by atoms with Gasteiger partial charge in [0.25, 0.3) is 7.82 Å². The summed E-state index contributed by atoms with van der Waals surface area (Å²) in [6.45, 7) is 4.64. The van der Waals surface area contributed by atoms with Crippen molar-refractivity contribution < 1.29 is 32.9 Å². The van der Waals surface area contributed by atoms with E-state index >= 15 is 0 Å². The number of nitrogens with one attached hydrogen (secondary N) is 1. The van der Waals surface area contributed by atoms with E-state index in [1.54, 1.807) is 6.08 Å². The summed E-state index contributed by atoms with van der Waals surface area (Å²) in [5, 5.41) is 13.8. The average Bonchev–Trinajstić information content (AvgIpc) is 3.23. The normalized spacial score (nSPS) is 14.4. The van der Waals surface area contributed by atoms with E-state index in [1.807, 2.05) is 27.2 Å². The molecule has 366 valence electrons. The number of hydrogen-bond acceptors (Lipinski definition) is 6. The summed E-state index contributed by atoms with van der Waals surface area (Å²) in [5.74, 6) is -0.208. The molecule has 0 aromatic carbocycles. The summed E-state index contributed by atoms with van der Waals surface area (Å²) >= 11 is 0. The Bertz CT molecular complexity index is 1110. The molecule has 0 bridgehead atoms. The molecule has 0 saturated heterocycles. The Morgan fingerprint density at radius 2 is 0.903 bits per heavy atom. The molecule has 3 atom stereocenters. The lowest BCUT2D eigenvalue weighted by Crippen LogP contribution is -2.45. The van der Waals surface area contributed by atoms with E-state index in [0.717, 1.165) is 44.9 Å². The number of unbranched alkanes of at least 4 members (excludes halogenated alkanes) is 31. The molecule has 0 rings (SSSR count). The van der Waals surface area contributed by atoms with E-state index in [2.05, 4.69) is 43.5 Å². The summed E-state index contributed by atoms with van der Waals surface area (Å²) in [6, 6.07) is -0.907. The first-order valence-electron chi connectivity index (χ1n) is 26.4. The number of nitrogens with zero attached hydrogens (tertiary/aromatic N) is 1. The van der Waals surface area contributed by atoms with Gasteiger partial charge in [0.1, 0.15) is 13.2 Å². The maximum atomic E-state index is 12.9. The van der Waals surface area contributed by atoms with Gasteiger partial charge in [0.2, 0.25) is 5.91 Å². The topological polar surface area (TPSA) is 108 Å². The van der Waals surface area contributed by atoms with Crippen LogP contribution in [-0.4, -0.2) is 68.5 Å². The number of aliphatic hydroxyl groups is 1. The number of likely N-dealkylation sites (N-methyl/N-ethyl adjacent to an activating group) is 1. The molecule has 9 heteroatoms. The number of aliphatic hydroxyl groups excluding tert-OH is 1. The first kappa shape index (κ1) is 60.7. The predicted octanol–water partition coefficient (Wildman–Crippen LogP) is 14.8. The van der Waals surface area contributed by atoms with Gasteiger partial charge in [0.15, 0.2) is 0 Å². The molecule has 1 amide bonds. The summed E-state index contributed by atoms with van der Waals surface area (Å²) < 4.78 is 23.3. The second kappa shape index (κ2) is 44.9. The molecular weight excluding hydrogens is 792 g/mol. The van der Waals surface area contributed by atoms with Gasteiger partial charge in [-0.25, -0.2) is 0 Å². The first-order valence-corrected chi connectivity index (χ1v) is 27.8. The maximum Gasteiger partial charge on any atom is 0.268 e. The fourth-order valence-corrected chi connectivity index (χ4v) is 8.38. The zero-order chi connectivity index (χ0) is 45.7. The van der Waals surface area contributed by atoms with Crippen LogP contribution in [-0.2, 0) is 18.4 Å².